The molecule has 0 aliphatic rings. The Morgan fingerprint density at radius 2 is 1.92 bits per heavy atom. The van der Waals surface area contributed by atoms with Gasteiger partial charge in [0.15, 0.2) is 6.29 Å². The highest BCUT2D eigenvalue weighted by molar-refractivity contribution is 5.39. The standard InChI is InChI=1S/C10H15NO2/c1-3-13-10(12-2)8-4-6-9(11)7-5-8/h4-7,10H,3,11H2,1-2H3. The molecule has 0 saturated carbocycles. The van der Waals surface area contributed by atoms with Gasteiger partial charge < -0.3 is 15.2 Å². The van der Waals surface area contributed by atoms with Gasteiger partial charge in [-0.2, -0.15) is 0 Å². The molecule has 0 saturated heterocycles. The highest BCUT2D eigenvalue weighted by Crippen LogP contribution is 2.18. The quantitative estimate of drug-likeness (QED) is 0.570. The van der Waals surface area contributed by atoms with Crippen molar-refractivity contribution in [3.63, 3.8) is 0 Å². The summed E-state index contributed by atoms with van der Waals surface area (Å²) in [4.78, 5) is 0. The van der Waals surface area contributed by atoms with Crippen LogP contribution in [0.2, 0.25) is 0 Å². The fourth-order valence-corrected chi connectivity index (χ4v) is 1.10. The zero-order chi connectivity index (χ0) is 9.68. The first-order valence-electron chi connectivity index (χ1n) is 4.27. The largest absolute Gasteiger partial charge is 0.399 e. The Labute approximate surface area is 78.5 Å². The third-order valence-electron chi connectivity index (χ3n) is 1.74. The second-order valence-corrected chi connectivity index (χ2v) is 2.69. The first kappa shape index (κ1) is 10.0. The molecule has 0 fully saturated rings. The predicted molar refractivity (Wildman–Crippen MR) is 52.2 cm³/mol. The molecule has 0 spiro atoms. The SMILES string of the molecule is CCOC(OC)c1ccc(N)cc1. The summed E-state index contributed by atoms with van der Waals surface area (Å²) >= 11 is 0. The molecule has 1 rings (SSSR count). The van der Waals surface area contributed by atoms with Crippen molar-refractivity contribution in [2.24, 2.45) is 0 Å². The maximum atomic E-state index is 5.56. The molecule has 0 bridgehead atoms. The third-order valence-corrected chi connectivity index (χ3v) is 1.74. The molecule has 3 heteroatoms. The van der Waals surface area contributed by atoms with Crippen LogP contribution in [0.3, 0.4) is 0 Å². The minimum absolute atomic E-state index is 0.286. The maximum Gasteiger partial charge on any atom is 0.183 e. The fraction of sp³-hybridized carbons (Fsp3) is 0.400. The van der Waals surface area contributed by atoms with Crippen LogP contribution in [0.15, 0.2) is 24.3 Å². The van der Waals surface area contributed by atoms with Crippen LogP contribution in [0.5, 0.6) is 0 Å². The van der Waals surface area contributed by atoms with Gasteiger partial charge in [-0.05, 0) is 19.1 Å². The Balaban J connectivity index is 2.73. The zero-order valence-electron chi connectivity index (χ0n) is 7.99. The molecule has 1 unspecified atom stereocenters. The van der Waals surface area contributed by atoms with Crippen LogP contribution < -0.4 is 5.73 Å². The summed E-state index contributed by atoms with van der Waals surface area (Å²) in [6, 6.07) is 7.47. The maximum absolute atomic E-state index is 5.56. The summed E-state index contributed by atoms with van der Waals surface area (Å²) in [5.41, 5.74) is 7.29. The van der Waals surface area contributed by atoms with Gasteiger partial charge in [0.25, 0.3) is 0 Å². The Kier molecular flexibility index (Phi) is 3.73. The molecule has 0 radical (unpaired) electrons. The summed E-state index contributed by atoms with van der Waals surface area (Å²) in [5.74, 6) is 0. The number of hydrogen-bond donors (Lipinski definition) is 1. The van der Waals surface area contributed by atoms with Crippen molar-refractivity contribution >= 4 is 5.69 Å². The number of benzene rings is 1. The first-order chi connectivity index (χ1) is 6.27. The fourth-order valence-electron chi connectivity index (χ4n) is 1.10. The Morgan fingerprint density at radius 1 is 1.31 bits per heavy atom. The lowest BCUT2D eigenvalue weighted by atomic mass is 10.2. The van der Waals surface area contributed by atoms with E-state index in [2.05, 4.69) is 0 Å². The molecule has 0 aliphatic carbocycles. The van der Waals surface area contributed by atoms with Crippen molar-refractivity contribution in [1.29, 1.82) is 0 Å². The highest BCUT2D eigenvalue weighted by atomic mass is 16.7. The monoisotopic (exact) mass is 181 g/mol. The summed E-state index contributed by atoms with van der Waals surface area (Å²) in [6.45, 7) is 2.56. The highest BCUT2D eigenvalue weighted by Gasteiger charge is 2.08. The van der Waals surface area contributed by atoms with Crippen molar-refractivity contribution < 1.29 is 9.47 Å². The molecule has 3 nitrogen and oxygen atoms in total. The van der Waals surface area contributed by atoms with Crippen molar-refractivity contribution in [3.8, 4) is 0 Å². The lowest BCUT2D eigenvalue weighted by molar-refractivity contribution is -0.124. The molecule has 1 aromatic carbocycles. The van der Waals surface area contributed by atoms with Crippen LogP contribution in [0.25, 0.3) is 0 Å². The number of nitrogens with two attached hydrogens (primary N) is 1. The lowest BCUT2D eigenvalue weighted by Gasteiger charge is -2.15. The molecule has 0 heterocycles. The molecule has 1 atom stereocenters. The number of ether oxygens (including phenoxy) is 2. The molecule has 72 valence electrons. The van der Waals surface area contributed by atoms with E-state index >= 15 is 0 Å². The number of anilines is 1. The molecule has 0 aromatic heterocycles. The molecular formula is C10H15NO2. The van der Waals surface area contributed by atoms with Gasteiger partial charge in [-0.25, -0.2) is 0 Å². The average Bonchev–Trinajstić information content (AvgIpc) is 2.16. The van der Waals surface area contributed by atoms with E-state index in [9.17, 15) is 0 Å². The minimum Gasteiger partial charge on any atom is -0.399 e. The van der Waals surface area contributed by atoms with E-state index in [-0.39, 0.29) is 6.29 Å². The van der Waals surface area contributed by atoms with E-state index in [1.165, 1.54) is 0 Å². The van der Waals surface area contributed by atoms with Crippen LogP contribution >= 0.6 is 0 Å². The van der Waals surface area contributed by atoms with Crippen LogP contribution in [-0.2, 0) is 9.47 Å². The Bertz CT molecular complexity index is 246. The normalized spacial score (nSPS) is 12.8. The van der Waals surface area contributed by atoms with Gasteiger partial charge in [0.2, 0.25) is 0 Å². The smallest absolute Gasteiger partial charge is 0.183 e. The minimum atomic E-state index is -0.286. The summed E-state index contributed by atoms with van der Waals surface area (Å²) in [5, 5.41) is 0. The predicted octanol–water partition coefficient (Wildman–Crippen LogP) is 1.95. The molecule has 0 aliphatic heterocycles. The number of hydrogen-bond acceptors (Lipinski definition) is 3. The van der Waals surface area contributed by atoms with Crippen molar-refractivity contribution in [2.75, 3.05) is 19.5 Å². The molecule has 2 N–H and O–H groups in total. The van der Waals surface area contributed by atoms with Crippen LogP contribution in [0, 0.1) is 0 Å². The van der Waals surface area contributed by atoms with Gasteiger partial charge in [-0.1, -0.05) is 12.1 Å². The molecular weight excluding hydrogens is 166 g/mol. The summed E-state index contributed by atoms with van der Waals surface area (Å²) < 4.78 is 10.5. The van der Waals surface area contributed by atoms with Crippen molar-refractivity contribution in [2.45, 2.75) is 13.2 Å². The zero-order valence-corrected chi connectivity index (χ0v) is 7.99. The topological polar surface area (TPSA) is 44.5 Å². The third kappa shape index (κ3) is 2.72. The Hall–Kier alpha value is -1.06. The van der Waals surface area contributed by atoms with E-state index in [4.69, 9.17) is 15.2 Å². The van der Waals surface area contributed by atoms with Crippen molar-refractivity contribution in [3.05, 3.63) is 29.8 Å². The van der Waals surface area contributed by atoms with E-state index in [0.717, 1.165) is 11.3 Å². The summed E-state index contributed by atoms with van der Waals surface area (Å²) in [7, 11) is 1.62. The second kappa shape index (κ2) is 4.84. The molecule has 0 amide bonds. The van der Waals surface area contributed by atoms with Gasteiger partial charge in [0, 0.05) is 25.0 Å². The van der Waals surface area contributed by atoms with Gasteiger partial charge in [0.1, 0.15) is 0 Å². The molecule has 13 heavy (non-hydrogen) atoms. The van der Waals surface area contributed by atoms with Crippen LogP contribution in [-0.4, -0.2) is 13.7 Å². The average molecular weight is 181 g/mol. The Morgan fingerprint density at radius 3 is 2.38 bits per heavy atom. The van der Waals surface area contributed by atoms with E-state index in [0.29, 0.717) is 6.61 Å². The number of nitrogen functional groups attached to an aromatic ring is 1. The van der Waals surface area contributed by atoms with E-state index in [1.54, 1.807) is 7.11 Å². The molecule has 1 aromatic rings. The van der Waals surface area contributed by atoms with E-state index in [1.807, 2.05) is 31.2 Å². The van der Waals surface area contributed by atoms with Crippen LogP contribution in [0.1, 0.15) is 18.8 Å². The van der Waals surface area contributed by atoms with Gasteiger partial charge in [-0.3, -0.25) is 0 Å². The van der Waals surface area contributed by atoms with Gasteiger partial charge >= 0.3 is 0 Å². The first-order valence-corrected chi connectivity index (χ1v) is 4.27. The number of methoxy groups -OCH3 is 1. The van der Waals surface area contributed by atoms with Crippen molar-refractivity contribution in [1.82, 2.24) is 0 Å². The van der Waals surface area contributed by atoms with Gasteiger partial charge in [-0.15, -0.1) is 0 Å². The van der Waals surface area contributed by atoms with E-state index < -0.39 is 0 Å². The number of rotatable bonds is 4. The van der Waals surface area contributed by atoms with Crippen LogP contribution in [0.4, 0.5) is 5.69 Å². The lowest BCUT2D eigenvalue weighted by Crippen LogP contribution is -2.06. The van der Waals surface area contributed by atoms with Gasteiger partial charge in [0.05, 0.1) is 0 Å². The summed E-state index contributed by atoms with van der Waals surface area (Å²) in [6.07, 6.45) is -0.286. The second-order valence-electron chi connectivity index (χ2n) is 2.69.